The Kier molecular flexibility index (Phi) is 7.69. The molecule has 0 fully saturated rings. The first-order chi connectivity index (χ1) is 19.2. The minimum Gasteiger partial charge on any atom is -0.469 e. The smallest absolute Gasteiger partial charge is 0.305 e. The van der Waals surface area contributed by atoms with Gasteiger partial charge in [-0.1, -0.05) is 13.8 Å². The van der Waals surface area contributed by atoms with E-state index < -0.39 is 0 Å². The van der Waals surface area contributed by atoms with Crippen molar-refractivity contribution >= 4 is 39.2 Å². The van der Waals surface area contributed by atoms with Crippen LogP contribution in [0.4, 0.5) is 0 Å². The molecule has 3 aromatic heterocycles. The van der Waals surface area contributed by atoms with Gasteiger partial charge in [0, 0.05) is 58.3 Å². The van der Waals surface area contributed by atoms with Crippen molar-refractivity contribution in [3.63, 3.8) is 0 Å². The summed E-state index contributed by atoms with van der Waals surface area (Å²) >= 11 is 0. The van der Waals surface area contributed by atoms with Gasteiger partial charge in [-0.25, -0.2) is 4.98 Å². The molecular formula is C33H41N5O2. The second-order valence-electron chi connectivity index (χ2n) is 11.2. The number of allylic oxidation sites excluding steroid dienone is 2. The van der Waals surface area contributed by atoms with Crippen LogP contribution in [0.1, 0.15) is 96.9 Å². The van der Waals surface area contributed by atoms with Crippen molar-refractivity contribution in [3.05, 3.63) is 69.3 Å². The average molecular weight is 540 g/mol. The highest BCUT2D eigenvalue weighted by Gasteiger charge is 2.31. The van der Waals surface area contributed by atoms with E-state index in [0.717, 1.165) is 63.4 Å². The van der Waals surface area contributed by atoms with E-state index in [2.05, 4.69) is 81.1 Å². The van der Waals surface area contributed by atoms with E-state index in [0.29, 0.717) is 12.8 Å². The lowest BCUT2D eigenvalue weighted by atomic mass is 9.86. The number of rotatable bonds is 6. The van der Waals surface area contributed by atoms with Crippen LogP contribution in [0.3, 0.4) is 0 Å². The second-order valence-corrected chi connectivity index (χ2v) is 11.2. The Morgan fingerprint density at radius 2 is 1.65 bits per heavy atom. The summed E-state index contributed by atoms with van der Waals surface area (Å²) in [5, 5.41) is 3.34. The molecule has 3 aromatic rings. The third kappa shape index (κ3) is 4.87. The number of methoxy groups -OCH3 is 1. The van der Waals surface area contributed by atoms with Gasteiger partial charge in [-0.05, 0) is 105 Å². The van der Waals surface area contributed by atoms with Gasteiger partial charge in [0.1, 0.15) is 0 Å². The minimum absolute atomic E-state index is 0.114. The summed E-state index contributed by atoms with van der Waals surface area (Å²) in [4.78, 5) is 29.8. The average Bonchev–Trinajstić information content (AvgIpc) is 3.63. The number of carbonyl (C=O) groups excluding carboxylic acids is 1. The van der Waals surface area contributed by atoms with E-state index in [1.54, 1.807) is 0 Å². The van der Waals surface area contributed by atoms with Crippen LogP contribution in [0.25, 0.3) is 33.2 Å². The number of esters is 1. The Morgan fingerprint density at radius 1 is 0.950 bits per heavy atom. The molecule has 5 rings (SSSR count). The zero-order valence-corrected chi connectivity index (χ0v) is 25.0. The van der Waals surface area contributed by atoms with Crippen molar-refractivity contribution in [3.8, 4) is 0 Å². The topological polar surface area (TPSA) is 95.7 Å². The third-order valence-corrected chi connectivity index (χ3v) is 8.80. The van der Waals surface area contributed by atoms with Crippen molar-refractivity contribution < 1.29 is 9.53 Å². The van der Waals surface area contributed by atoms with Crippen molar-refractivity contribution in [1.82, 2.24) is 25.3 Å². The number of hydrogen-bond donors (Lipinski definition) is 3. The first-order valence-electron chi connectivity index (χ1n) is 14.3. The summed E-state index contributed by atoms with van der Waals surface area (Å²) in [7, 11) is 3.43. The number of nitrogens with one attached hydrogen (secondary N) is 3. The van der Waals surface area contributed by atoms with E-state index in [1.165, 1.54) is 34.9 Å². The fraction of sp³-hybridized carbons (Fsp3) is 0.424. The van der Waals surface area contributed by atoms with Crippen molar-refractivity contribution in [1.29, 1.82) is 0 Å². The minimum atomic E-state index is -0.187. The summed E-state index contributed by atoms with van der Waals surface area (Å²) in [5.74, 6) is 0.0833. The summed E-state index contributed by atoms with van der Waals surface area (Å²) in [6, 6.07) is 8.77. The molecule has 8 bridgehead atoms. The highest BCUT2D eigenvalue weighted by molar-refractivity contribution is 5.92. The van der Waals surface area contributed by atoms with Gasteiger partial charge in [-0.15, -0.1) is 0 Å². The number of ether oxygens (including phenoxy) is 1. The quantitative estimate of drug-likeness (QED) is 0.289. The van der Waals surface area contributed by atoms with Crippen LogP contribution in [0, 0.1) is 20.8 Å². The highest BCUT2D eigenvalue weighted by Crippen LogP contribution is 2.42. The molecule has 40 heavy (non-hydrogen) atoms. The Bertz CT molecular complexity index is 1670. The van der Waals surface area contributed by atoms with E-state index in [4.69, 9.17) is 14.7 Å². The first kappa shape index (κ1) is 27.8. The monoisotopic (exact) mass is 539 g/mol. The molecule has 0 amide bonds. The van der Waals surface area contributed by atoms with Gasteiger partial charge in [0.2, 0.25) is 0 Å². The lowest BCUT2D eigenvalue weighted by molar-refractivity contribution is -0.140. The Hall–Kier alpha value is -3.71. The molecular weight excluding hydrogens is 498 g/mol. The van der Waals surface area contributed by atoms with Gasteiger partial charge in [-0.2, -0.15) is 0 Å². The largest absolute Gasteiger partial charge is 0.469 e. The summed E-state index contributed by atoms with van der Waals surface area (Å²) in [6.45, 7) is 13.8. The van der Waals surface area contributed by atoms with Gasteiger partial charge < -0.3 is 20.0 Å². The molecule has 0 saturated heterocycles. The predicted octanol–water partition coefficient (Wildman–Crippen LogP) is 7.14. The van der Waals surface area contributed by atoms with E-state index >= 15 is 0 Å². The molecule has 210 valence electrons. The molecule has 0 unspecified atom stereocenters. The van der Waals surface area contributed by atoms with Crippen LogP contribution in [0.2, 0.25) is 0 Å². The molecule has 7 heteroatoms. The SMILES string of the molecule is CCC1=C(C)c2cc3[nH]c(cc4nc(c(C)c5cc(C)c(cc1n2)[nH]5)[C@@H](CCC(=O)OC)[C@@H]4C)c(C)c3CNC. The Labute approximate surface area is 236 Å². The lowest BCUT2D eigenvalue weighted by Crippen LogP contribution is -2.08. The molecule has 2 atom stereocenters. The van der Waals surface area contributed by atoms with Crippen LogP contribution in [-0.2, 0) is 16.1 Å². The maximum atomic E-state index is 12.1. The molecule has 7 nitrogen and oxygen atoms in total. The van der Waals surface area contributed by atoms with E-state index in [1.807, 2.05) is 7.05 Å². The molecule has 2 aliphatic rings. The van der Waals surface area contributed by atoms with Gasteiger partial charge in [0.05, 0.1) is 18.5 Å². The summed E-state index contributed by atoms with van der Waals surface area (Å²) in [5.41, 5.74) is 15.5. The molecule has 0 spiro atoms. The number of carbonyl (C=O) groups is 1. The van der Waals surface area contributed by atoms with Crippen molar-refractivity contribution in [2.75, 3.05) is 14.2 Å². The summed E-state index contributed by atoms with van der Waals surface area (Å²) < 4.78 is 4.97. The van der Waals surface area contributed by atoms with Crippen molar-refractivity contribution in [2.45, 2.75) is 79.2 Å². The van der Waals surface area contributed by atoms with Gasteiger partial charge in [0.25, 0.3) is 0 Å². The number of nitrogens with zero attached hydrogens (tertiary/aromatic N) is 2. The fourth-order valence-electron chi connectivity index (χ4n) is 6.22. The van der Waals surface area contributed by atoms with Gasteiger partial charge >= 0.3 is 5.97 Å². The number of hydrogen-bond acceptors (Lipinski definition) is 5. The molecule has 0 saturated carbocycles. The van der Waals surface area contributed by atoms with Crippen LogP contribution in [0.15, 0.2) is 24.3 Å². The zero-order chi connectivity index (χ0) is 28.7. The number of aryl methyl sites for hydroxylation is 3. The fourth-order valence-corrected chi connectivity index (χ4v) is 6.22. The molecule has 0 aliphatic carbocycles. The molecule has 3 N–H and O–H groups in total. The van der Waals surface area contributed by atoms with E-state index in [9.17, 15) is 4.79 Å². The van der Waals surface area contributed by atoms with Gasteiger partial charge in [0.15, 0.2) is 0 Å². The van der Waals surface area contributed by atoms with Crippen LogP contribution >= 0.6 is 0 Å². The molecule has 0 radical (unpaired) electrons. The van der Waals surface area contributed by atoms with Crippen molar-refractivity contribution in [2.24, 2.45) is 0 Å². The first-order valence-corrected chi connectivity index (χ1v) is 14.3. The van der Waals surface area contributed by atoms with Gasteiger partial charge in [-0.3, -0.25) is 9.78 Å². The predicted molar refractivity (Wildman–Crippen MR) is 163 cm³/mol. The van der Waals surface area contributed by atoms with E-state index in [-0.39, 0.29) is 17.8 Å². The zero-order valence-electron chi connectivity index (χ0n) is 25.0. The normalized spacial score (nSPS) is 17.0. The standard InChI is InChI=1S/C33H41N5O2/c1-9-22-18(3)28-15-31-24(16-34-7)20(5)27(37-31)14-29-19(4)23(10-11-32(39)40-8)33(38-29)21(6)26-12-17(2)25(35-26)13-30(22)36-28/h12-15,19,23,34-35,37H,9-11,16H2,1-8H3/t19-,23-/m0/s1. The van der Waals surface area contributed by atoms with Crippen LogP contribution in [-0.4, -0.2) is 40.1 Å². The number of aromatic amines is 2. The third-order valence-electron chi connectivity index (χ3n) is 8.80. The second kappa shape index (κ2) is 11.0. The maximum absolute atomic E-state index is 12.1. The lowest BCUT2D eigenvalue weighted by Gasteiger charge is -2.16. The Balaban J connectivity index is 1.88. The Morgan fingerprint density at radius 3 is 2.35 bits per heavy atom. The van der Waals surface area contributed by atoms with Crippen LogP contribution in [0.5, 0.6) is 0 Å². The molecule has 5 heterocycles. The highest BCUT2D eigenvalue weighted by atomic mass is 16.5. The van der Waals surface area contributed by atoms with Crippen LogP contribution < -0.4 is 5.32 Å². The molecule has 0 aromatic carbocycles. The number of fused-ring (bicyclic) bond motifs is 8. The molecule has 2 aliphatic heterocycles. The maximum Gasteiger partial charge on any atom is 0.305 e. The summed E-state index contributed by atoms with van der Waals surface area (Å²) in [6.07, 6.45) is 1.97. The number of H-pyrrole nitrogens is 2. The number of aromatic nitrogens is 4.